The predicted molar refractivity (Wildman–Crippen MR) is 64.2 cm³/mol. The molecule has 0 aromatic heterocycles. The van der Waals surface area contributed by atoms with Gasteiger partial charge < -0.3 is 20.8 Å². The van der Waals surface area contributed by atoms with E-state index in [-0.39, 0.29) is 25.4 Å². The monoisotopic (exact) mass is 241 g/mol. The van der Waals surface area contributed by atoms with Gasteiger partial charge in [-0.1, -0.05) is 0 Å². The molecule has 1 aromatic carbocycles. The summed E-state index contributed by atoms with van der Waals surface area (Å²) in [7, 11) is 0. The molecule has 0 aliphatic carbocycles. The topological polar surface area (TPSA) is 108 Å². The van der Waals surface area contributed by atoms with Gasteiger partial charge in [-0.2, -0.15) is 0 Å². The van der Waals surface area contributed by atoms with Crippen LogP contribution in [0, 0.1) is 10.1 Å². The number of nitrogens with one attached hydrogen (secondary N) is 2. The molecular weight excluding hydrogens is 226 g/mol. The van der Waals surface area contributed by atoms with E-state index in [1.807, 2.05) is 0 Å². The maximum Gasteiger partial charge on any atom is 0.292 e. The van der Waals surface area contributed by atoms with Crippen LogP contribution in [-0.2, 0) is 0 Å². The van der Waals surface area contributed by atoms with Crippen LogP contribution in [0.3, 0.4) is 0 Å². The molecule has 0 heterocycles. The van der Waals surface area contributed by atoms with Crippen LogP contribution in [0.5, 0.6) is 0 Å². The highest BCUT2D eigenvalue weighted by molar-refractivity contribution is 5.68. The molecule has 0 amide bonds. The molecule has 4 N–H and O–H groups in total. The lowest BCUT2D eigenvalue weighted by Gasteiger charge is -2.09. The standard InChI is InChI=1S/C10H15N3O4/c14-5-3-11-8-1-2-10(13(16)17)9(7-8)12-4-6-15/h1-2,7,11-12,14-15H,3-6H2. The molecule has 0 saturated carbocycles. The zero-order valence-corrected chi connectivity index (χ0v) is 9.22. The quantitative estimate of drug-likeness (QED) is 0.406. The van der Waals surface area contributed by atoms with E-state index in [1.165, 1.54) is 6.07 Å². The largest absolute Gasteiger partial charge is 0.395 e. The summed E-state index contributed by atoms with van der Waals surface area (Å²) in [5.74, 6) is 0. The molecule has 94 valence electrons. The molecule has 0 saturated heterocycles. The second kappa shape index (κ2) is 6.66. The molecule has 0 aliphatic rings. The molecule has 0 atom stereocenters. The third-order valence-electron chi connectivity index (χ3n) is 2.06. The number of hydrogen-bond donors (Lipinski definition) is 4. The van der Waals surface area contributed by atoms with Crippen molar-refractivity contribution in [1.29, 1.82) is 0 Å². The molecule has 0 fully saturated rings. The van der Waals surface area contributed by atoms with Gasteiger partial charge in [0.15, 0.2) is 0 Å². The van der Waals surface area contributed by atoms with E-state index in [0.29, 0.717) is 17.9 Å². The Labute approximate surface area is 98.2 Å². The molecule has 0 bridgehead atoms. The van der Waals surface area contributed by atoms with Crippen LogP contribution in [-0.4, -0.2) is 41.4 Å². The van der Waals surface area contributed by atoms with Crippen molar-refractivity contribution in [2.75, 3.05) is 36.9 Å². The Morgan fingerprint density at radius 3 is 2.41 bits per heavy atom. The molecule has 0 radical (unpaired) electrons. The van der Waals surface area contributed by atoms with E-state index in [0.717, 1.165) is 0 Å². The first-order valence-electron chi connectivity index (χ1n) is 5.17. The molecule has 0 spiro atoms. The Balaban J connectivity index is 2.88. The van der Waals surface area contributed by atoms with Crippen molar-refractivity contribution in [3.63, 3.8) is 0 Å². The molecule has 1 rings (SSSR count). The van der Waals surface area contributed by atoms with Crippen molar-refractivity contribution in [2.45, 2.75) is 0 Å². The lowest BCUT2D eigenvalue weighted by atomic mass is 10.2. The summed E-state index contributed by atoms with van der Waals surface area (Å²) in [4.78, 5) is 10.3. The number of aliphatic hydroxyl groups excluding tert-OH is 2. The molecule has 1 aromatic rings. The van der Waals surface area contributed by atoms with Gasteiger partial charge in [0.05, 0.1) is 18.1 Å². The summed E-state index contributed by atoms with van der Waals surface area (Å²) in [6, 6.07) is 4.51. The third-order valence-corrected chi connectivity index (χ3v) is 2.06. The number of benzene rings is 1. The summed E-state index contributed by atoms with van der Waals surface area (Å²) >= 11 is 0. The fourth-order valence-corrected chi connectivity index (χ4v) is 1.34. The van der Waals surface area contributed by atoms with Crippen molar-refractivity contribution in [2.24, 2.45) is 0 Å². The third kappa shape index (κ3) is 3.89. The summed E-state index contributed by atoms with van der Waals surface area (Å²) in [6.07, 6.45) is 0. The van der Waals surface area contributed by atoms with Crippen LogP contribution in [0.15, 0.2) is 18.2 Å². The Morgan fingerprint density at radius 2 is 1.82 bits per heavy atom. The van der Waals surface area contributed by atoms with Crippen molar-refractivity contribution >= 4 is 17.1 Å². The van der Waals surface area contributed by atoms with Gasteiger partial charge in [-0.05, 0) is 12.1 Å². The molecule has 7 nitrogen and oxygen atoms in total. The zero-order valence-electron chi connectivity index (χ0n) is 9.22. The van der Waals surface area contributed by atoms with E-state index < -0.39 is 4.92 Å². The Morgan fingerprint density at radius 1 is 1.18 bits per heavy atom. The number of anilines is 2. The number of aliphatic hydroxyl groups is 2. The van der Waals surface area contributed by atoms with Gasteiger partial charge in [0.25, 0.3) is 5.69 Å². The highest BCUT2D eigenvalue weighted by Gasteiger charge is 2.13. The minimum Gasteiger partial charge on any atom is -0.395 e. The average Bonchev–Trinajstić information content (AvgIpc) is 2.33. The van der Waals surface area contributed by atoms with E-state index in [1.54, 1.807) is 12.1 Å². The molecular formula is C10H15N3O4. The van der Waals surface area contributed by atoms with E-state index >= 15 is 0 Å². The van der Waals surface area contributed by atoms with Gasteiger partial charge in [-0.25, -0.2) is 0 Å². The second-order valence-electron chi connectivity index (χ2n) is 3.29. The first-order valence-corrected chi connectivity index (χ1v) is 5.17. The van der Waals surface area contributed by atoms with Crippen molar-refractivity contribution in [3.05, 3.63) is 28.3 Å². The molecule has 0 unspecified atom stereocenters. The highest BCUT2D eigenvalue weighted by atomic mass is 16.6. The van der Waals surface area contributed by atoms with E-state index in [9.17, 15) is 10.1 Å². The first-order chi connectivity index (χ1) is 8.19. The Hall–Kier alpha value is -1.86. The number of nitro benzene ring substituents is 1. The van der Waals surface area contributed by atoms with E-state index in [4.69, 9.17) is 10.2 Å². The average molecular weight is 241 g/mol. The maximum absolute atomic E-state index is 10.8. The number of nitrogens with zero attached hydrogens (tertiary/aromatic N) is 1. The number of hydrogen-bond acceptors (Lipinski definition) is 6. The van der Waals surface area contributed by atoms with Gasteiger partial charge in [-0.15, -0.1) is 0 Å². The molecule has 17 heavy (non-hydrogen) atoms. The van der Waals surface area contributed by atoms with E-state index in [2.05, 4.69) is 10.6 Å². The van der Waals surface area contributed by atoms with Gasteiger partial charge in [-0.3, -0.25) is 10.1 Å². The Bertz CT molecular complexity index is 384. The molecule has 0 aliphatic heterocycles. The lowest BCUT2D eigenvalue weighted by molar-refractivity contribution is -0.383. The zero-order chi connectivity index (χ0) is 12.7. The minimum absolute atomic E-state index is 0.0175. The summed E-state index contributed by atoms with van der Waals surface area (Å²) in [5, 5.41) is 33.8. The van der Waals surface area contributed by atoms with Gasteiger partial charge in [0.2, 0.25) is 0 Å². The van der Waals surface area contributed by atoms with Crippen LogP contribution < -0.4 is 10.6 Å². The number of rotatable bonds is 7. The highest BCUT2D eigenvalue weighted by Crippen LogP contribution is 2.27. The fourth-order valence-electron chi connectivity index (χ4n) is 1.34. The normalized spacial score (nSPS) is 10.0. The molecule has 7 heteroatoms. The summed E-state index contributed by atoms with van der Waals surface area (Å²) in [6.45, 7) is 0.489. The maximum atomic E-state index is 10.8. The van der Waals surface area contributed by atoms with Crippen molar-refractivity contribution in [3.8, 4) is 0 Å². The van der Waals surface area contributed by atoms with Gasteiger partial charge >= 0.3 is 0 Å². The van der Waals surface area contributed by atoms with Crippen LogP contribution in [0.2, 0.25) is 0 Å². The summed E-state index contributed by atoms with van der Waals surface area (Å²) in [5.41, 5.74) is 0.963. The van der Waals surface area contributed by atoms with Crippen LogP contribution in [0.25, 0.3) is 0 Å². The van der Waals surface area contributed by atoms with Crippen molar-refractivity contribution < 1.29 is 15.1 Å². The fraction of sp³-hybridized carbons (Fsp3) is 0.400. The lowest BCUT2D eigenvalue weighted by Crippen LogP contribution is -2.09. The Kier molecular flexibility index (Phi) is 5.18. The van der Waals surface area contributed by atoms with Crippen LogP contribution in [0.1, 0.15) is 0 Å². The smallest absolute Gasteiger partial charge is 0.292 e. The summed E-state index contributed by atoms with van der Waals surface area (Å²) < 4.78 is 0. The first kappa shape index (κ1) is 13.2. The van der Waals surface area contributed by atoms with Gasteiger partial charge in [0.1, 0.15) is 5.69 Å². The SMILES string of the molecule is O=[N+]([O-])c1ccc(NCCO)cc1NCCO. The minimum atomic E-state index is -0.491. The predicted octanol–water partition coefficient (Wildman–Crippen LogP) is 0.403. The van der Waals surface area contributed by atoms with Crippen LogP contribution in [0.4, 0.5) is 17.1 Å². The number of nitro groups is 1. The van der Waals surface area contributed by atoms with Crippen LogP contribution >= 0.6 is 0 Å². The second-order valence-corrected chi connectivity index (χ2v) is 3.29. The van der Waals surface area contributed by atoms with Gasteiger partial charge in [0, 0.05) is 24.8 Å². The van der Waals surface area contributed by atoms with Crippen molar-refractivity contribution in [1.82, 2.24) is 0 Å².